The maximum atomic E-state index is 12.5. The van der Waals surface area contributed by atoms with Gasteiger partial charge in [-0.2, -0.15) is 5.10 Å². The van der Waals surface area contributed by atoms with Crippen LogP contribution in [0.1, 0.15) is 0 Å². The Balaban J connectivity index is 2.00. The smallest absolute Gasteiger partial charge is 0.244 e. The van der Waals surface area contributed by atoms with Crippen LogP contribution in [0.3, 0.4) is 0 Å². The van der Waals surface area contributed by atoms with Gasteiger partial charge in [0.15, 0.2) is 5.82 Å². The summed E-state index contributed by atoms with van der Waals surface area (Å²) in [6, 6.07) is 6.43. The monoisotopic (exact) mass is 381 g/mol. The fourth-order valence-electron chi connectivity index (χ4n) is 2.14. The molecule has 2 aromatic rings. The Morgan fingerprint density at radius 2 is 1.88 bits per heavy atom. The van der Waals surface area contributed by atoms with E-state index in [1.165, 1.54) is 20.3 Å². The number of methoxy groups -OCH3 is 2. The van der Waals surface area contributed by atoms with Gasteiger partial charge in [0.05, 0.1) is 26.1 Å². The van der Waals surface area contributed by atoms with Gasteiger partial charge in [-0.05, 0) is 12.1 Å². The van der Waals surface area contributed by atoms with Gasteiger partial charge in [-0.15, -0.1) is 5.10 Å². The van der Waals surface area contributed by atoms with Crippen molar-refractivity contribution in [1.29, 1.82) is 0 Å². The number of nitrogens with one attached hydrogen (secondary N) is 2. The molecule has 0 aliphatic carbocycles. The molecule has 0 atom stereocenters. The molecule has 1 aromatic carbocycles. The Labute approximate surface area is 153 Å². The largest absolute Gasteiger partial charge is 0.497 e. The van der Waals surface area contributed by atoms with E-state index in [4.69, 9.17) is 9.47 Å². The molecule has 9 nitrogen and oxygen atoms in total. The summed E-state index contributed by atoms with van der Waals surface area (Å²) in [5, 5.41) is 10.9. The lowest BCUT2D eigenvalue weighted by molar-refractivity contribution is 0.392. The van der Waals surface area contributed by atoms with Gasteiger partial charge in [0.1, 0.15) is 16.4 Å². The highest BCUT2D eigenvalue weighted by atomic mass is 32.2. The lowest BCUT2D eigenvalue weighted by Crippen LogP contribution is -2.29. The fraction of sp³-hybridized carbons (Fsp3) is 0.375. The van der Waals surface area contributed by atoms with E-state index in [9.17, 15) is 8.42 Å². The van der Waals surface area contributed by atoms with Crippen LogP contribution in [0, 0.1) is 0 Å². The van der Waals surface area contributed by atoms with Crippen LogP contribution in [0.5, 0.6) is 11.5 Å². The minimum atomic E-state index is -3.75. The van der Waals surface area contributed by atoms with Crippen molar-refractivity contribution in [1.82, 2.24) is 14.9 Å². The molecule has 0 unspecified atom stereocenters. The average Bonchev–Trinajstić information content (AvgIpc) is 2.65. The molecule has 0 radical (unpaired) electrons. The highest BCUT2D eigenvalue weighted by molar-refractivity contribution is 7.89. The van der Waals surface area contributed by atoms with Crippen molar-refractivity contribution >= 4 is 21.5 Å². The van der Waals surface area contributed by atoms with Crippen molar-refractivity contribution in [3.8, 4) is 11.5 Å². The first-order valence-electron chi connectivity index (χ1n) is 7.83. The van der Waals surface area contributed by atoms with Gasteiger partial charge in [0, 0.05) is 39.3 Å². The van der Waals surface area contributed by atoms with Crippen LogP contribution in [0.4, 0.5) is 11.5 Å². The quantitative estimate of drug-likeness (QED) is 0.619. The van der Waals surface area contributed by atoms with Gasteiger partial charge in [-0.25, -0.2) is 13.1 Å². The summed E-state index contributed by atoms with van der Waals surface area (Å²) in [5.74, 6) is 1.24. The van der Waals surface area contributed by atoms with E-state index in [1.807, 2.05) is 25.1 Å². The van der Waals surface area contributed by atoms with Gasteiger partial charge in [0.2, 0.25) is 10.0 Å². The Morgan fingerprint density at radius 1 is 1.12 bits per heavy atom. The molecule has 2 rings (SSSR count). The van der Waals surface area contributed by atoms with Crippen LogP contribution in [-0.2, 0) is 10.0 Å². The van der Waals surface area contributed by atoms with Crippen molar-refractivity contribution in [3.05, 3.63) is 30.5 Å². The second-order valence-corrected chi connectivity index (χ2v) is 7.27. The molecule has 1 heterocycles. The van der Waals surface area contributed by atoms with Gasteiger partial charge >= 0.3 is 0 Å². The minimum absolute atomic E-state index is 0.0220. The normalized spacial score (nSPS) is 11.1. The Morgan fingerprint density at radius 3 is 2.54 bits per heavy atom. The van der Waals surface area contributed by atoms with Gasteiger partial charge in [0.25, 0.3) is 0 Å². The summed E-state index contributed by atoms with van der Waals surface area (Å²) < 4.78 is 37.8. The van der Waals surface area contributed by atoms with Crippen LogP contribution in [0.2, 0.25) is 0 Å². The van der Waals surface area contributed by atoms with Crippen LogP contribution < -0.4 is 24.4 Å². The predicted octanol–water partition coefficient (Wildman–Crippen LogP) is 0.950. The molecule has 0 saturated heterocycles. The van der Waals surface area contributed by atoms with E-state index < -0.39 is 10.0 Å². The van der Waals surface area contributed by atoms with E-state index >= 15 is 0 Å². The molecule has 1 aromatic heterocycles. The van der Waals surface area contributed by atoms with E-state index in [0.29, 0.717) is 18.1 Å². The summed E-state index contributed by atoms with van der Waals surface area (Å²) in [6.45, 7) is 0.508. The lowest BCUT2D eigenvalue weighted by Gasteiger charge is -2.14. The molecule has 2 N–H and O–H groups in total. The zero-order chi connectivity index (χ0) is 19.2. The molecular weight excluding hydrogens is 358 g/mol. The standard InChI is InChI=1S/C16H23N5O4S/c1-21(2)12-9-16(20-18-11-12)17-7-8-19-26(22,23)15-10-13(24-3)5-6-14(15)25-4/h5-6,9-11,19H,7-8H2,1-4H3,(H,17,20). The van der Waals surface area contributed by atoms with Crippen molar-refractivity contribution in [2.75, 3.05) is 51.6 Å². The van der Waals surface area contributed by atoms with E-state index in [-0.39, 0.29) is 17.2 Å². The Kier molecular flexibility index (Phi) is 6.58. The molecule has 0 aliphatic rings. The maximum Gasteiger partial charge on any atom is 0.244 e. The summed E-state index contributed by atoms with van der Waals surface area (Å²) in [5.41, 5.74) is 0.893. The number of sulfonamides is 1. The first-order chi connectivity index (χ1) is 12.4. The number of hydrogen-bond acceptors (Lipinski definition) is 8. The molecule has 0 amide bonds. The number of hydrogen-bond donors (Lipinski definition) is 2. The lowest BCUT2D eigenvalue weighted by atomic mass is 10.3. The highest BCUT2D eigenvalue weighted by Gasteiger charge is 2.20. The summed E-state index contributed by atoms with van der Waals surface area (Å²) >= 11 is 0. The summed E-state index contributed by atoms with van der Waals surface area (Å²) in [7, 11) is 2.93. The van der Waals surface area contributed by atoms with Gasteiger partial charge in [-0.1, -0.05) is 0 Å². The third kappa shape index (κ3) is 4.96. The Bertz CT molecular complexity index is 842. The number of nitrogens with zero attached hydrogens (tertiary/aromatic N) is 3. The molecule has 26 heavy (non-hydrogen) atoms. The van der Waals surface area contributed by atoms with Crippen molar-refractivity contribution in [3.63, 3.8) is 0 Å². The van der Waals surface area contributed by atoms with Gasteiger partial charge in [-0.3, -0.25) is 0 Å². The zero-order valence-corrected chi connectivity index (χ0v) is 16.0. The molecule has 0 bridgehead atoms. The number of benzene rings is 1. The first-order valence-corrected chi connectivity index (χ1v) is 9.31. The second-order valence-electron chi connectivity index (χ2n) is 5.53. The number of ether oxygens (including phenoxy) is 2. The fourth-order valence-corrected chi connectivity index (χ4v) is 3.35. The molecule has 10 heteroatoms. The summed E-state index contributed by atoms with van der Waals surface area (Å²) in [6.07, 6.45) is 1.64. The van der Waals surface area contributed by atoms with E-state index in [0.717, 1.165) is 5.69 Å². The van der Waals surface area contributed by atoms with Crippen molar-refractivity contribution in [2.24, 2.45) is 0 Å². The van der Waals surface area contributed by atoms with E-state index in [2.05, 4.69) is 20.2 Å². The highest BCUT2D eigenvalue weighted by Crippen LogP contribution is 2.27. The number of aromatic nitrogens is 2. The molecular formula is C16H23N5O4S. The van der Waals surface area contributed by atoms with Gasteiger partial charge < -0.3 is 19.7 Å². The molecule has 0 spiro atoms. The molecule has 0 fully saturated rings. The Hall–Kier alpha value is -2.59. The van der Waals surface area contributed by atoms with E-state index in [1.54, 1.807) is 18.3 Å². The third-order valence-electron chi connectivity index (χ3n) is 3.54. The average molecular weight is 381 g/mol. The predicted molar refractivity (Wildman–Crippen MR) is 99.6 cm³/mol. The van der Waals surface area contributed by atoms with Crippen LogP contribution >= 0.6 is 0 Å². The topological polar surface area (TPSA) is 106 Å². The molecule has 0 aliphatic heterocycles. The second kappa shape index (κ2) is 8.68. The molecule has 0 saturated carbocycles. The number of anilines is 2. The van der Waals surface area contributed by atoms with Crippen molar-refractivity contribution < 1.29 is 17.9 Å². The van der Waals surface area contributed by atoms with Crippen LogP contribution in [0.25, 0.3) is 0 Å². The van der Waals surface area contributed by atoms with Crippen LogP contribution in [0.15, 0.2) is 35.4 Å². The zero-order valence-electron chi connectivity index (χ0n) is 15.2. The SMILES string of the molecule is COc1ccc(OC)c(S(=O)(=O)NCCNc2cc(N(C)C)cnn2)c1. The maximum absolute atomic E-state index is 12.5. The third-order valence-corrected chi connectivity index (χ3v) is 5.02. The van der Waals surface area contributed by atoms with Crippen LogP contribution in [-0.4, -0.2) is 60.0 Å². The summed E-state index contributed by atoms with van der Waals surface area (Å²) in [4.78, 5) is 1.92. The minimum Gasteiger partial charge on any atom is -0.497 e. The first kappa shape index (κ1) is 19.7. The van der Waals surface area contributed by atoms with Crippen molar-refractivity contribution in [2.45, 2.75) is 4.90 Å². The molecule has 142 valence electrons. The number of rotatable bonds is 9.